The number of amidine groups is 1. The predicted molar refractivity (Wildman–Crippen MR) is 132 cm³/mol. The molecule has 1 saturated carbocycles. The summed E-state index contributed by atoms with van der Waals surface area (Å²) in [5, 5.41) is 9.49. The maximum absolute atomic E-state index is 12.6. The van der Waals surface area contributed by atoms with Gasteiger partial charge in [-0.2, -0.15) is 0 Å². The lowest BCUT2D eigenvalue weighted by molar-refractivity contribution is 0.0548. The number of fused-ring (bicyclic) bond motifs is 1. The molecule has 1 aliphatic carbocycles. The number of nitrogens with zero attached hydrogens (tertiary/aromatic N) is 4. The quantitative estimate of drug-likeness (QED) is 0.491. The summed E-state index contributed by atoms with van der Waals surface area (Å²) in [7, 11) is 0. The topological polar surface area (TPSA) is 126 Å². The molecule has 4 heterocycles. The Bertz CT molecular complexity index is 1060. The van der Waals surface area contributed by atoms with E-state index in [-0.39, 0.29) is 11.8 Å². The van der Waals surface area contributed by atoms with Gasteiger partial charge in [0.15, 0.2) is 11.7 Å². The molecule has 3 aliphatic rings. The van der Waals surface area contributed by atoms with Crippen LogP contribution in [-0.4, -0.2) is 51.2 Å². The van der Waals surface area contributed by atoms with Crippen LogP contribution >= 0.6 is 0 Å². The minimum Gasteiger partial charge on any atom is -0.474 e. The average Bonchev–Trinajstić information content (AvgIpc) is 3.17. The summed E-state index contributed by atoms with van der Waals surface area (Å²) in [6, 6.07) is 3.88. The zero-order valence-corrected chi connectivity index (χ0v) is 20.0. The summed E-state index contributed by atoms with van der Waals surface area (Å²) in [4.78, 5) is 20.0. The molecule has 34 heavy (non-hydrogen) atoms. The van der Waals surface area contributed by atoms with Crippen molar-refractivity contribution in [2.75, 3.05) is 25.1 Å². The summed E-state index contributed by atoms with van der Waals surface area (Å²) in [5.41, 5.74) is 11.0. The minimum absolute atomic E-state index is 0.234. The zero-order chi connectivity index (χ0) is 23.5. The van der Waals surface area contributed by atoms with E-state index < -0.39 is 0 Å². The highest BCUT2D eigenvalue weighted by Gasteiger charge is 2.36. The molecule has 0 unspecified atom stereocenters. The van der Waals surface area contributed by atoms with Gasteiger partial charge >= 0.3 is 5.69 Å². The summed E-state index contributed by atoms with van der Waals surface area (Å²) in [5.74, 6) is 1.59. The number of hydrogen-bond donors (Lipinski definition) is 4. The van der Waals surface area contributed by atoms with Gasteiger partial charge in [0.05, 0.1) is 13.1 Å². The van der Waals surface area contributed by atoms with E-state index >= 15 is 0 Å². The van der Waals surface area contributed by atoms with Crippen LogP contribution in [-0.2, 0) is 6.54 Å². The Balaban J connectivity index is 1.21. The van der Waals surface area contributed by atoms with Gasteiger partial charge in [-0.15, -0.1) is 5.10 Å². The zero-order valence-electron chi connectivity index (χ0n) is 20.0. The van der Waals surface area contributed by atoms with E-state index in [1.54, 1.807) is 15.9 Å². The number of aromatic nitrogens is 3. The average molecular weight is 469 g/mol. The first-order valence-electron chi connectivity index (χ1n) is 12.6. The van der Waals surface area contributed by atoms with Crippen molar-refractivity contribution in [1.82, 2.24) is 25.0 Å². The second-order valence-corrected chi connectivity index (χ2v) is 9.89. The lowest BCUT2D eigenvalue weighted by atomic mass is 9.68. The normalized spacial score (nSPS) is 20.0. The number of hydrazone groups is 1. The Hall–Kier alpha value is -3.01. The van der Waals surface area contributed by atoms with Gasteiger partial charge in [0, 0.05) is 12.3 Å². The van der Waals surface area contributed by atoms with Crippen LogP contribution in [0.1, 0.15) is 69.5 Å². The van der Waals surface area contributed by atoms with E-state index in [2.05, 4.69) is 32.7 Å². The molecular formula is C24H36N8O2. The largest absolute Gasteiger partial charge is 0.474 e. The first-order valence-corrected chi connectivity index (χ1v) is 12.6. The number of anilines is 1. The molecule has 5 N–H and O–H groups in total. The monoisotopic (exact) mass is 468 g/mol. The molecule has 1 spiro atoms. The van der Waals surface area contributed by atoms with Gasteiger partial charge in [-0.3, -0.25) is 9.99 Å². The number of ether oxygens (including phenoxy) is 1. The minimum atomic E-state index is -0.234. The van der Waals surface area contributed by atoms with E-state index in [1.807, 2.05) is 12.1 Å². The van der Waals surface area contributed by atoms with Gasteiger partial charge in [-0.25, -0.2) is 14.9 Å². The Labute approximate surface area is 199 Å². The molecule has 0 bridgehead atoms. The number of unbranched alkanes of at least 4 members (excludes halogenated alkanes) is 1. The number of aromatic amines is 1. The standard InChI is InChI=1S/C24H36N8O2/c1-2-3-14-32-29-21(25)20-22(30-32)31(23(33)28-20)16-17-4-5-19(27-15-17)34-18-6-8-24(9-7-18)10-12-26-13-11-24/h4-5,15,18,26,30H,2-3,6-14,16H2,1H3,(H2,25,29)(H,28,33). The summed E-state index contributed by atoms with van der Waals surface area (Å²) < 4.78 is 7.84. The molecule has 2 aliphatic heterocycles. The smallest absolute Gasteiger partial charge is 0.328 e. The first-order chi connectivity index (χ1) is 16.5. The van der Waals surface area contributed by atoms with E-state index in [0.717, 1.165) is 44.3 Å². The van der Waals surface area contributed by atoms with Crippen molar-refractivity contribution in [2.45, 2.75) is 70.9 Å². The number of hydrazine groups is 1. The lowest BCUT2D eigenvalue weighted by Crippen LogP contribution is -2.41. The van der Waals surface area contributed by atoms with E-state index in [4.69, 9.17) is 10.5 Å². The van der Waals surface area contributed by atoms with Crippen LogP contribution in [0.15, 0.2) is 28.2 Å². The van der Waals surface area contributed by atoms with Crippen LogP contribution in [0.25, 0.3) is 0 Å². The molecule has 0 atom stereocenters. The molecular weight excluding hydrogens is 432 g/mol. The van der Waals surface area contributed by atoms with Crippen LogP contribution in [0.5, 0.6) is 5.88 Å². The van der Waals surface area contributed by atoms with Gasteiger partial charge in [0.2, 0.25) is 5.88 Å². The van der Waals surface area contributed by atoms with Crippen molar-refractivity contribution in [2.24, 2.45) is 16.3 Å². The fourth-order valence-electron chi connectivity index (χ4n) is 5.37. The summed E-state index contributed by atoms with van der Waals surface area (Å²) in [6.07, 6.45) is 11.3. The number of nitrogens with one attached hydrogen (secondary N) is 3. The van der Waals surface area contributed by atoms with E-state index in [1.165, 1.54) is 25.7 Å². The van der Waals surface area contributed by atoms with Crippen LogP contribution in [0.2, 0.25) is 0 Å². The number of rotatable bonds is 7. The molecule has 0 aromatic carbocycles. The molecule has 10 nitrogen and oxygen atoms in total. The predicted octanol–water partition coefficient (Wildman–Crippen LogP) is 2.37. The maximum Gasteiger partial charge on any atom is 0.328 e. The highest BCUT2D eigenvalue weighted by Crippen LogP contribution is 2.43. The number of pyridine rings is 1. The van der Waals surface area contributed by atoms with Crippen molar-refractivity contribution in [3.63, 3.8) is 0 Å². The second kappa shape index (κ2) is 9.69. The summed E-state index contributed by atoms with van der Waals surface area (Å²) >= 11 is 0. The molecule has 1 saturated heterocycles. The first kappa shape index (κ1) is 22.8. The van der Waals surface area contributed by atoms with Crippen molar-refractivity contribution in [1.29, 1.82) is 0 Å². The molecule has 2 aromatic rings. The van der Waals surface area contributed by atoms with E-state index in [0.29, 0.717) is 41.7 Å². The Morgan fingerprint density at radius 1 is 1.21 bits per heavy atom. The molecule has 10 heteroatoms. The van der Waals surface area contributed by atoms with Crippen LogP contribution < -0.4 is 26.9 Å². The second-order valence-electron chi connectivity index (χ2n) is 9.89. The van der Waals surface area contributed by atoms with Crippen molar-refractivity contribution in [3.05, 3.63) is 40.1 Å². The van der Waals surface area contributed by atoms with Gasteiger partial charge in [-0.05, 0) is 69.0 Å². The molecule has 0 amide bonds. The third-order valence-corrected chi connectivity index (χ3v) is 7.51. The number of imidazole rings is 1. The van der Waals surface area contributed by atoms with E-state index in [9.17, 15) is 4.79 Å². The molecule has 184 valence electrons. The van der Waals surface area contributed by atoms with Crippen LogP contribution in [0, 0.1) is 5.41 Å². The maximum atomic E-state index is 12.6. The van der Waals surface area contributed by atoms with Crippen LogP contribution in [0.4, 0.5) is 5.82 Å². The van der Waals surface area contributed by atoms with Crippen LogP contribution in [0.3, 0.4) is 0 Å². The Morgan fingerprint density at radius 2 is 2.00 bits per heavy atom. The lowest BCUT2D eigenvalue weighted by Gasteiger charge is -2.42. The third-order valence-electron chi connectivity index (χ3n) is 7.51. The van der Waals surface area contributed by atoms with Gasteiger partial charge in [0.1, 0.15) is 11.8 Å². The van der Waals surface area contributed by atoms with Crippen molar-refractivity contribution in [3.8, 4) is 5.88 Å². The number of hydrogen-bond acceptors (Lipinski definition) is 8. The number of piperidine rings is 1. The fourth-order valence-corrected chi connectivity index (χ4v) is 5.37. The summed E-state index contributed by atoms with van der Waals surface area (Å²) in [6.45, 7) is 5.50. The Kier molecular flexibility index (Phi) is 6.49. The molecule has 0 radical (unpaired) electrons. The van der Waals surface area contributed by atoms with Gasteiger partial charge in [-0.1, -0.05) is 19.4 Å². The Morgan fingerprint density at radius 3 is 2.71 bits per heavy atom. The molecule has 2 aromatic heterocycles. The molecule has 2 fully saturated rings. The fraction of sp³-hybridized carbons (Fsp3) is 0.625. The molecule has 5 rings (SSSR count). The van der Waals surface area contributed by atoms with Gasteiger partial charge in [0.25, 0.3) is 0 Å². The highest BCUT2D eigenvalue weighted by molar-refractivity contribution is 6.00. The number of nitrogens with two attached hydrogens (primary N) is 1. The van der Waals surface area contributed by atoms with Crippen molar-refractivity contribution < 1.29 is 4.74 Å². The SMILES string of the molecule is CCCCN1N=C(N)c2[nH]c(=O)n(Cc3ccc(OC4CCC5(CCNCC5)CC4)nc3)c2N1. The third kappa shape index (κ3) is 4.77. The number of H-pyrrole nitrogens is 1. The van der Waals surface area contributed by atoms with Crippen molar-refractivity contribution >= 4 is 11.7 Å². The van der Waals surface area contributed by atoms with Gasteiger partial charge < -0.3 is 20.8 Å². The highest BCUT2D eigenvalue weighted by atomic mass is 16.5.